The van der Waals surface area contributed by atoms with Crippen LogP contribution in [-0.2, 0) is 0 Å². The normalized spacial score (nSPS) is 12.4. The van der Waals surface area contributed by atoms with Crippen LogP contribution in [0.3, 0.4) is 0 Å². The van der Waals surface area contributed by atoms with Crippen LogP contribution in [0, 0.1) is 13.8 Å². The number of aryl methyl sites for hydroxylation is 2. The maximum absolute atomic E-state index is 9.48. The Morgan fingerprint density at radius 1 is 1.00 bits per heavy atom. The van der Waals surface area contributed by atoms with Gasteiger partial charge in [-0.3, -0.25) is 0 Å². The van der Waals surface area contributed by atoms with E-state index in [1.165, 1.54) is 20.9 Å². The van der Waals surface area contributed by atoms with Gasteiger partial charge in [-0.15, -0.1) is 0 Å². The van der Waals surface area contributed by atoms with Crippen molar-refractivity contribution in [3.8, 4) is 0 Å². The maximum Gasteiger partial charge on any atom is 0.0761 e. The summed E-state index contributed by atoms with van der Waals surface area (Å²) < 4.78 is 0. The first kappa shape index (κ1) is 13.2. The van der Waals surface area contributed by atoms with Gasteiger partial charge in [0.2, 0.25) is 0 Å². The number of hydrogen-bond donors (Lipinski definition) is 1. The minimum Gasteiger partial charge on any atom is -0.389 e. The Balaban J connectivity index is 2.21. The van der Waals surface area contributed by atoms with Crippen LogP contribution in [0.25, 0.3) is 0 Å². The molecule has 1 nitrogen and oxygen atoms in total. The van der Waals surface area contributed by atoms with E-state index < -0.39 is 6.10 Å². The van der Waals surface area contributed by atoms with E-state index in [2.05, 4.69) is 44.2 Å². The monoisotopic (exact) mass is 258 g/mol. The summed E-state index contributed by atoms with van der Waals surface area (Å²) in [7, 11) is 0. The van der Waals surface area contributed by atoms with Crippen molar-refractivity contribution in [2.45, 2.75) is 36.7 Å². The fourth-order valence-corrected chi connectivity index (χ4v) is 2.76. The molecule has 0 aromatic heterocycles. The molecule has 0 spiro atoms. The second kappa shape index (κ2) is 5.59. The first-order valence-electron chi connectivity index (χ1n) is 6.09. The number of aliphatic hydroxyl groups is 1. The van der Waals surface area contributed by atoms with Gasteiger partial charge in [-0.2, -0.15) is 0 Å². The van der Waals surface area contributed by atoms with Crippen molar-refractivity contribution in [3.63, 3.8) is 0 Å². The van der Waals surface area contributed by atoms with Crippen molar-refractivity contribution in [1.82, 2.24) is 0 Å². The molecule has 0 heterocycles. The number of rotatable bonds is 3. The fourth-order valence-electron chi connectivity index (χ4n) is 1.76. The lowest BCUT2D eigenvalue weighted by molar-refractivity contribution is 0.199. The zero-order valence-electron chi connectivity index (χ0n) is 11.0. The average Bonchev–Trinajstić information content (AvgIpc) is 2.34. The van der Waals surface area contributed by atoms with E-state index in [0.29, 0.717) is 0 Å². The lowest BCUT2D eigenvalue weighted by Crippen LogP contribution is -1.89. The summed E-state index contributed by atoms with van der Waals surface area (Å²) in [6.07, 6.45) is -0.398. The standard InChI is InChI=1S/C16H18OS/c1-11-4-5-12(2)16(10-11)18-15-8-6-14(7-9-15)13(3)17/h4-10,13,17H,1-3H3/t13-/m0/s1. The van der Waals surface area contributed by atoms with Gasteiger partial charge in [-0.25, -0.2) is 0 Å². The molecule has 0 saturated heterocycles. The van der Waals surface area contributed by atoms with Crippen molar-refractivity contribution >= 4 is 11.8 Å². The fraction of sp³-hybridized carbons (Fsp3) is 0.250. The number of aliphatic hydroxyl groups excluding tert-OH is 1. The van der Waals surface area contributed by atoms with E-state index in [9.17, 15) is 5.11 Å². The second-order valence-electron chi connectivity index (χ2n) is 4.62. The van der Waals surface area contributed by atoms with E-state index in [0.717, 1.165) is 5.56 Å². The van der Waals surface area contributed by atoms with Gasteiger partial charge in [0.15, 0.2) is 0 Å². The van der Waals surface area contributed by atoms with Crippen molar-refractivity contribution in [2.24, 2.45) is 0 Å². The summed E-state index contributed by atoms with van der Waals surface area (Å²) in [6, 6.07) is 14.6. The predicted molar refractivity (Wildman–Crippen MR) is 77.1 cm³/mol. The Morgan fingerprint density at radius 3 is 2.28 bits per heavy atom. The predicted octanol–water partition coefficient (Wildman–Crippen LogP) is 4.51. The van der Waals surface area contributed by atoms with Crippen LogP contribution in [0.2, 0.25) is 0 Å². The van der Waals surface area contributed by atoms with Crippen LogP contribution in [0.4, 0.5) is 0 Å². The molecule has 1 atom stereocenters. The molecule has 94 valence electrons. The molecule has 18 heavy (non-hydrogen) atoms. The maximum atomic E-state index is 9.48. The lowest BCUT2D eigenvalue weighted by Gasteiger charge is -2.08. The molecule has 0 unspecified atom stereocenters. The van der Waals surface area contributed by atoms with Gasteiger partial charge in [-0.1, -0.05) is 36.0 Å². The third-order valence-electron chi connectivity index (χ3n) is 2.93. The van der Waals surface area contributed by atoms with Crippen molar-refractivity contribution < 1.29 is 5.11 Å². The van der Waals surface area contributed by atoms with E-state index in [1.54, 1.807) is 18.7 Å². The summed E-state index contributed by atoms with van der Waals surface area (Å²) in [6.45, 7) is 6.03. The van der Waals surface area contributed by atoms with E-state index in [4.69, 9.17) is 0 Å². The Labute approximate surface area is 113 Å². The zero-order chi connectivity index (χ0) is 13.1. The topological polar surface area (TPSA) is 20.2 Å². The summed E-state index contributed by atoms with van der Waals surface area (Å²) in [4.78, 5) is 2.49. The molecule has 0 aliphatic rings. The third-order valence-corrected chi connectivity index (χ3v) is 4.10. The van der Waals surface area contributed by atoms with Crippen LogP contribution < -0.4 is 0 Å². The molecule has 2 aromatic carbocycles. The summed E-state index contributed by atoms with van der Waals surface area (Å²) in [5.41, 5.74) is 3.54. The highest BCUT2D eigenvalue weighted by Crippen LogP contribution is 2.31. The van der Waals surface area contributed by atoms with Crippen LogP contribution >= 0.6 is 11.8 Å². The SMILES string of the molecule is Cc1ccc(C)c(Sc2ccc([C@H](C)O)cc2)c1. The molecular weight excluding hydrogens is 240 g/mol. The molecule has 2 rings (SSSR count). The molecule has 0 aliphatic carbocycles. The molecule has 2 heteroatoms. The number of benzene rings is 2. The van der Waals surface area contributed by atoms with Gasteiger partial charge in [0.05, 0.1) is 6.10 Å². The van der Waals surface area contributed by atoms with E-state index >= 15 is 0 Å². The first-order valence-corrected chi connectivity index (χ1v) is 6.91. The van der Waals surface area contributed by atoms with Crippen LogP contribution in [0.1, 0.15) is 29.7 Å². The van der Waals surface area contributed by atoms with Crippen LogP contribution in [-0.4, -0.2) is 5.11 Å². The minimum absolute atomic E-state index is 0.398. The van der Waals surface area contributed by atoms with E-state index in [1.807, 2.05) is 12.1 Å². The van der Waals surface area contributed by atoms with Gasteiger partial charge < -0.3 is 5.11 Å². The molecule has 0 saturated carbocycles. The van der Waals surface area contributed by atoms with Crippen molar-refractivity contribution in [1.29, 1.82) is 0 Å². The first-order chi connectivity index (χ1) is 8.56. The molecule has 0 aliphatic heterocycles. The molecule has 0 bridgehead atoms. The Hall–Kier alpha value is -1.25. The molecule has 2 aromatic rings. The van der Waals surface area contributed by atoms with Gasteiger partial charge >= 0.3 is 0 Å². The van der Waals surface area contributed by atoms with Crippen molar-refractivity contribution in [2.75, 3.05) is 0 Å². The molecule has 1 N–H and O–H groups in total. The van der Waals surface area contributed by atoms with Gasteiger partial charge in [0.1, 0.15) is 0 Å². The summed E-state index contributed by atoms with van der Waals surface area (Å²) in [5.74, 6) is 0. The summed E-state index contributed by atoms with van der Waals surface area (Å²) in [5, 5.41) is 9.48. The highest BCUT2D eigenvalue weighted by Gasteiger charge is 2.04. The third kappa shape index (κ3) is 3.15. The van der Waals surface area contributed by atoms with Crippen LogP contribution in [0.15, 0.2) is 52.3 Å². The van der Waals surface area contributed by atoms with Gasteiger partial charge in [0, 0.05) is 9.79 Å². The number of hydrogen-bond acceptors (Lipinski definition) is 2. The highest BCUT2D eigenvalue weighted by atomic mass is 32.2. The minimum atomic E-state index is -0.398. The molecular formula is C16H18OS. The smallest absolute Gasteiger partial charge is 0.0761 e. The zero-order valence-corrected chi connectivity index (χ0v) is 11.8. The van der Waals surface area contributed by atoms with Gasteiger partial charge in [0.25, 0.3) is 0 Å². The Kier molecular flexibility index (Phi) is 4.10. The molecule has 0 fully saturated rings. The van der Waals surface area contributed by atoms with E-state index in [-0.39, 0.29) is 0 Å². The summed E-state index contributed by atoms with van der Waals surface area (Å²) >= 11 is 1.77. The largest absolute Gasteiger partial charge is 0.389 e. The molecule has 0 amide bonds. The highest BCUT2D eigenvalue weighted by molar-refractivity contribution is 7.99. The average molecular weight is 258 g/mol. The van der Waals surface area contributed by atoms with Crippen LogP contribution in [0.5, 0.6) is 0 Å². The van der Waals surface area contributed by atoms with Gasteiger partial charge in [-0.05, 0) is 55.7 Å². The molecule has 0 radical (unpaired) electrons. The quantitative estimate of drug-likeness (QED) is 0.874. The Morgan fingerprint density at radius 2 is 1.67 bits per heavy atom. The Bertz CT molecular complexity index is 529. The second-order valence-corrected chi connectivity index (χ2v) is 5.73. The van der Waals surface area contributed by atoms with Crippen molar-refractivity contribution in [3.05, 3.63) is 59.2 Å². The lowest BCUT2D eigenvalue weighted by atomic mass is 10.1.